The number of hydrogen-bond donors (Lipinski definition) is 1. The zero-order chi connectivity index (χ0) is 13.4. The molecule has 0 aliphatic rings. The maximum atomic E-state index is 3.74. The number of hydrogen-bond acceptors (Lipinski definition) is 1. The van der Waals surface area contributed by atoms with Gasteiger partial charge in [-0.3, -0.25) is 0 Å². The minimum atomic E-state index is 0.427. The van der Waals surface area contributed by atoms with Crippen LogP contribution in [-0.4, -0.2) is 6.04 Å². The molecule has 0 aliphatic heterocycles. The molecule has 0 aliphatic carbocycles. The number of aryl methyl sites for hydroxylation is 1. The molecule has 0 heterocycles. The Morgan fingerprint density at radius 1 is 1.28 bits per heavy atom. The lowest BCUT2D eigenvalue weighted by molar-refractivity contribution is 0.606. The van der Waals surface area contributed by atoms with E-state index in [4.69, 9.17) is 0 Å². The highest BCUT2D eigenvalue weighted by Crippen LogP contribution is 2.07. The molecule has 0 saturated carbocycles. The van der Waals surface area contributed by atoms with Gasteiger partial charge in [-0.2, -0.15) is 0 Å². The van der Waals surface area contributed by atoms with Crippen LogP contribution in [0.2, 0.25) is 0 Å². The van der Waals surface area contributed by atoms with Gasteiger partial charge in [0.05, 0.1) is 0 Å². The van der Waals surface area contributed by atoms with E-state index < -0.39 is 0 Å². The molecule has 0 bridgehead atoms. The third kappa shape index (κ3) is 5.33. The molecule has 0 radical (unpaired) electrons. The summed E-state index contributed by atoms with van der Waals surface area (Å²) in [5.74, 6) is 0. The molecule has 98 valence electrons. The Morgan fingerprint density at radius 3 is 2.56 bits per heavy atom. The molecule has 1 atom stereocenters. The topological polar surface area (TPSA) is 12.0 Å². The third-order valence-corrected chi connectivity index (χ3v) is 3.25. The lowest BCUT2D eigenvalue weighted by Gasteiger charge is -2.15. The summed E-state index contributed by atoms with van der Waals surface area (Å²) >= 11 is 0. The van der Waals surface area contributed by atoms with Gasteiger partial charge < -0.3 is 5.32 Å². The number of unbranched alkanes of at least 4 members (excludes halogenated alkanes) is 1. The van der Waals surface area contributed by atoms with E-state index in [9.17, 15) is 0 Å². The van der Waals surface area contributed by atoms with Gasteiger partial charge in [-0.1, -0.05) is 47.6 Å². The largest absolute Gasteiger partial charge is 0.306 e. The fourth-order valence-electron chi connectivity index (χ4n) is 1.74. The highest BCUT2D eigenvalue weighted by Gasteiger charge is 2.02. The van der Waals surface area contributed by atoms with Crippen molar-refractivity contribution in [2.45, 2.75) is 46.2 Å². The predicted octanol–water partition coefficient (Wildman–Crippen LogP) is 4.39. The summed E-state index contributed by atoms with van der Waals surface area (Å²) in [4.78, 5) is 0. The summed E-state index contributed by atoms with van der Waals surface area (Å²) in [5, 5.41) is 3.55. The van der Waals surface area contributed by atoms with Crippen LogP contribution in [0.1, 0.15) is 37.8 Å². The zero-order valence-electron chi connectivity index (χ0n) is 11.9. The average molecular weight is 243 g/mol. The van der Waals surface area contributed by atoms with Crippen LogP contribution in [0.25, 0.3) is 0 Å². The van der Waals surface area contributed by atoms with Crippen LogP contribution in [0.15, 0.2) is 48.6 Å². The summed E-state index contributed by atoms with van der Waals surface area (Å²) in [6, 6.07) is 9.12. The van der Waals surface area contributed by atoms with Crippen molar-refractivity contribution in [1.29, 1.82) is 0 Å². The Bertz CT molecular complexity index is 387. The molecule has 1 rings (SSSR count). The second-order valence-electron chi connectivity index (χ2n) is 4.90. The molecule has 0 spiro atoms. The maximum Gasteiger partial charge on any atom is 0.0251 e. The first kappa shape index (κ1) is 14.7. The van der Waals surface area contributed by atoms with Crippen LogP contribution < -0.4 is 5.32 Å². The van der Waals surface area contributed by atoms with E-state index in [1.54, 1.807) is 0 Å². The van der Waals surface area contributed by atoms with Gasteiger partial charge in [0.15, 0.2) is 0 Å². The fourth-order valence-corrected chi connectivity index (χ4v) is 1.74. The molecule has 1 heteroatoms. The zero-order valence-corrected chi connectivity index (χ0v) is 11.9. The normalized spacial score (nSPS) is 13.4. The molecular weight excluding hydrogens is 218 g/mol. The Kier molecular flexibility index (Phi) is 6.45. The number of benzene rings is 1. The summed E-state index contributed by atoms with van der Waals surface area (Å²) in [7, 11) is 0. The van der Waals surface area contributed by atoms with Crippen molar-refractivity contribution in [1.82, 2.24) is 5.32 Å². The lowest BCUT2D eigenvalue weighted by Crippen LogP contribution is -2.26. The minimum Gasteiger partial charge on any atom is -0.306 e. The monoisotopic (exact) mass is 243 g/mol. The minimum absolute atomic E-state index is 0.427. The molecule has 18 heavy (non-hydrogen) atoms. The second-order valence-corrected chi connectivity index (χ2v) is 4.90. The van der Waals surface area contributed by atoms with Crippen molar-refractivity contribution in [3.63, 3.8) is 0 Å². The predicted molar refractivity (Wildman–Crippen MR) is 80.7 cm³/mol. The Morgan fingerprint density at radius 2 is 1.94 bits per heavy atom. The first-order valence-corrected chi connectivity index (χ1v) is 6.70. The van der Waals surface area contributed by atoms with Crippen molar-refractivity contribution in [2.75, 3.05) is 0 Å². The Balaban J connectivity index is 2.40. The molecule has 1 aromatic carbocycles. The Hall–Kier alpha value is -1.34. The van der Waals surface area contributed by atoms with Gasteiger partial charge in [-0.15, -0.1) is 6.58 Å². The van der Waals surface area contributed by atoms with E-state index in [1.165, 1.54) is 16.7 Å². The maximum absolute atomic E-state index is 3.74. The molecule has 0 aromatic heterocycles. The molecule has 0 saturated heterocycles. The summed E-state index contributed by atoms with van der Waals surface area (Å²) < 4.78 is 0. The van der Waals surface area contributed by atoms with Gasteiger partial charge in [-0.05, 0) is 39.2 Å². The van der Waals surface area contributed by atoms with Gasteiger partial charge in [0, 0.05) is 12.6 Å². The highest BCUT2D eigenvalue weighted by molar-refractivity contribution is 5.21. The van der Waals surface area contributed by atoms with Gasteiger partial charge in [0.25, 0.3) is 0 Å². The van der Waals surface area contributed by atoms with Crippen molar-refractivity contribution in [2.24, 2.45) is 0 Å². The van der Waals surface area contributed by atoms with Crippen molar-refractivity contribution >= 4 is 0 Å². The standard InChI is InChI=1S/C17H25N/c1-5-6-7-8-15(3)16(4)18-13-17-11-9-14(2)10-12-17/h5,8-12,16,18H,1,6-7,13H2,2-4H3/b15-8+. The van der Waals surface area contributed by atoms with Crippen LogP contribution in [0, 0.1) is 6.92 Å². The Labute approximate surface area is 112 Å². The van der Waals surface area contributed by atoms with Crippen molar-refractivity contribution in [3.05, 3.63) is 59.7 Å². The van der Waals surface area contributed by atoms with Gasteiger partial charge in [0.1, 0.15) is 0 Å². The highest BCUT2D eigenvalue weighted by atomic mass is 14.9. The van der Waals surface area contributed by atoms with Crippen LogP contribution in [0.4, 0.5) is 0 Å². The number of nitrogens with one attached hydrogen (secondary N) is 1. The molecular formula is C17H25N. The molecule has 0 fully saturated rings. The van der Waals surface area contributed by atoms with Gasteiger partial charge >= 0.3 is 0 Å². The lowest BCUT2D eigenvalue weighted by atomic mass is 10.1. The van der Waals surface area contributed by atoms with Crippen LogP contribution >= 0.6 is 0 Å². The van der Waals surface area contributed by atoms with E-state index in [-0.39, 0.29) is 0 Å². The smallest absolute Gasteiger partial charge is 0.0251 e. The quantitative estimate of drug-likeness (QED) is 0.553. The van der Waals surface area contributed by atoms with Gasteiger partial charge in [-0.25, -0.2) is 0 Å². The van der Waals surface area contributed by atoms with Crippen LogP contribution in [-0.2, 0) is 6.54 Å². The van der Waals surface area contributed by atoms with E-state index in [1.807, 2.05) is 6.08 Å². The van der Waals surface area contributed by atoms with Crippen LogP contribution in [0.5, 0.6) is 0 Å². The van der Waals surface area contributed by atoms with E-state index in [2.05, 4.69) is 63.0 Å². The van der Waals surface area contributed by atoms with E-state index >= 15 is 0 Å². The second kappa shape index (κ2) is 7.88. The first-order chi connectivity index (χ1) is 8.63. The van der Waals surface area contributed by atoms with E-state index in [0.29, 0.717) is 6.04 Å². The molecule has 1 nitrogen and oxygen atoms in total. The molecule has 1 N–H and O–H groups in total. The third-order valence-electron chi connectivity index (χ3n) is 3.25. The molecule has 0 amide bonds. The molecule has 1 aromatic rings. The summed E-state index contributed by atoms with van der Waals surface area (Å²) in [6.07, 6.45) is 6.41. The van der Waals surface area contributed by atoms with E-state index in [0.717, 1.165) is 19.4 Å². The van der Waals surface area contributed by atoms with Crippen LogP contribution in [0.3, 0.4) is 0 Å². The molecule has 1 unspecified atom stereocenters. The SMILES string of the molecule is C=CCC/C=C(\C)C(C)NCc1ccc(C)cc1. The van der Waals surface area contributed by atoms with Crippen molar-refractivity contribution < 1.29 is 0 Å². The summed E-state index contributed by atoms with van der Waals surface area (Å²) in [6.45, 7) is 11.2. The average Bonchev–Trinajstić information content (AvgIpc) is 2.38. The van der Waals surface area contributed by atoms with Gasteiger partial charge in [0.2, 0.25) is 0 Å². The summed E-state index contributed by atoms with van der Waals surface area (Å²) in [5.41, 5.74) is 4.06. The van der Waals surface area contributed by atoms with Crippen molar-refractivity contribution in [3.8, 4) is 0 Å². The first-order valence-electron chi connectivity index (χ1n) is 6.70. The number of allylic oxidation sites excluding steroid dienone is 2. The fraction of sp³-hybridized carbons (Fsp3) is 0.412. The number of rotatable bonds is 7.